The van der Waals surface area contributed by atoms with Crippen molar-refractivity contribution >= 4 is 13.7 Å². The van der Waals surface area contributed by atoms with E-state index in [-0.39, 0.29) is 11.3 Å². The average Bonchev–Trinajstić information content (AvgIpc) is 1.78. The topological polar surface area (TPSA) is 26.3 Å². The van der Waals surface area contributed by atoms with Crippen LogP contribution in [0.2, 0.25) is 0 Å². The summed E-state index contributed by atoms with van der Waals surface area (Å²) < 4.78 is 4.62. The van der Waals surface area contributed by atoms with Crippen molar-refractivity contribution in [2.45, 2.75) is 27.2 Å². The van der Waals surface area contributed by atoms with Crippen LogP contribution in [0, 0.1) is 5.41 Å². The molecule has 0 rings (SSSR count). The lowest BCUT2D eigenvalue weighted by molar-refractivity contribution is 0.211. The van der Waals surface area contributed by atoms with Gasteiger partial charge in [0.1, 0.15) is 0 Å². The van der Waals surface area contributed by atoms with Gasteiger partial charge in [0.2, 0.25) is 13.7 Å². The molecule has 0 aromatic heterocycles. The van der Waals surface area contributed by atoms with E-state index in [9.17, 15) is 4.79 Å². The van der Waals surface area contributed by atoms with Crippen molar-refractivity contribution in [2.24, 2.45) is 5.41 Å². The van der Waals surface area contributed by atoms with Crippen LogP contribution in [-0.2, 0) is 4.74 Å². The minimum Gasteiger partial charge on any atom is -0.443 e. The van der Waals surface area contributed by atoms with Gasteiger partial charge < -0.3 is 4.74 Å². The van der Waals surface area contributed by atoms with E-state index in [0.29, 0.717) is 0 Å². The third-order valence-electron chi connectivity index (χ3n) is 1.06. The highest BCUT2D eigenvalue weighted by atomic mass is 16.5. The summed E-state index contributed by atoms with van der Waals surface area (Å²) in [6, 6.07) is 0. The van der Waals surface area contributed by atoms with Crippen molar-refractivity contribution in [3.8, 4) is 0 Å². The molecule has 0 unspecified atom stereocenters. The number of hydrogen-bond acceptors (Lipinski definition) is 2. The molecule has 11 heavy (non-hydrogen) atoms. The van der Waals surface area contributed by atoms with Gasteiger partial charge in [0, 0.05) is 0 Å². The first kappa shape index (κ1) is 10.3. The monoisotopic (exact) mass is 154 g/mol. The van der Waals surface area contributed by atoms with Gasteiger partial charge in [-0.25, -0.2) is 0 Å². The van der Waals surface area contributed by atoms with E-state index >= 15 is 0 Å². The van der Waals surface area contributed by atoms with E-state index in [1.165, 1.54) is 14.1 Å². The molecule has 0 aromatic rings. The molecule has 0 atom stereocenters. The smallest absolute Gasteiger partial charge is 0.247 e. The maximum absolute atomic E-state index is 10.3. The molecule has 0 aliphatic heterocycles. The molecule has 0 aliphatic carbocycles. The zero-order valence-electron chi connectivity index (χ0n) is 7.68. The quantitative estimate of drug-likeness (QED) is 0.447. The molecule has 0 spiro atoms. The summed E-state index contributed by atoms with van der Waals surface area (Å²) in [4.78, 5) is 10.3. The Kier molecular flexibility index (Phi) is 3.94. The van der Waals surface area contributed by atoms with Gasteiger partial charge in [0.05, 0.1) is 6.26 Å². The summed E-state index contributed by atoms with van der Waals surface area (Å²) in [7, 11) is 1.39. The van der Waals surface area contributed by atoms with Crippen molar-refractivity contribution in [2.75, 3.05) is 0 Å². The Hall–Kier alpha value is -0.725. The van der Waals surface area contributed by atoms with E-state index in [4.69, 9.17) is 0 Å². The SMILES string of the molecule is BC(=O)O/C=C/CC(C)(C)C. The second kappa shape index (κ2) is 4.22. The lowest BCUT2D eigenvalue weighted by Gasteiger charge is -2.13. The Labute approximate surface area is 69.0 Å². The second-order valence-electron chi connectivity index (χ2n) is 3.75. The summed E-state index contributed by atoms with van der Waals surface area (Å²) in [5.41, 5.74) is 0.261. The van der Waals surface area contributed by atoms with Gasteiger partial charge in [0.15, 0.2) is 0 Å². The molecule has 62 valence electrons. The maximum Gasteiger partial charge on any atom is 0.247 e. The standard InChI is InChI=1S/C8H15BO2/c1-8(2,3)5-4-6-11-7(9)10/h4,6H,5,9H2,1-3H3/b6-4+. The molecule has 0 bridgehead atoms. The Balaban J connectivity index is 3.53. The number of allylic oxidation sites excluding steroid dienone is 1. The van der Waals surface area contributed by atoms with E-state index in [0.717, 1.165) is 6.42 Å². The number of ether oxygens (including phenoxy) is 1. The molecule has 3 heteroatoms. The van der Waals surface area contributed by atoms with Crippen LogP contribution in [0.3, 0.4) is 0 Å². The minimum absolute atomic E-state index is 0.261. The van der Waals surface area contributed by atoms with Gasteiger partial charge >= 0.3 is 0 Å². The predicted octanol–water partition coefficient (Wildman–Crippen LogP) is 1.71. The average molecular weight is 154 g/mol. The van der Waals surface area contributed by atoms with Gasteiger partial charge in [-0.2, -0.15) is 0 Å². The van der Waals surface area contributed by atoms with E-state index in [2.05, 4.69) is 25.5 Å². The Bertz CT molecular complexity index is 156. The zero-order chi connectivity index (χ0) is 8.91. The summed E-state index contributed by atoms with van der Waals surface area (Å²) >= 11 is 0. The molecule has 0 saturated carbocycles. The Morgan fingerprint density at radius 2 is 2.09 bits per heavy atom. The summed E-state index contributed by atoms with van der Waals surface area (Å²) in [6.07, 6.45) is 4.23. The molecule has 0 amide bonds. The number of hydrogen-bond donors (Lipinski definition) is 0. The highest BCUT2D eigenvalue weighted by Crippen LogP contribution is 2.18. The van der Waals surface area contributed by atoms with E-state index in [1.807, 2.05) is 6.08 Å². The van der Waals surface area contributed by atoms with Crippen LogP contribution in [0.1, 0.15) is 27.2 Å². The molecule has 0 aromatic carbocycles. The number of rotatable bonds is 2. The van der Waals surface area contributed by atoms with E-state index < -0.39 is 0 Å². The molecule has 0 aliphatic rings. The lowest BCUT2D eigenvalue weighted by Crippen LogP contribution is -2.02. The fourth-order valence-electron chi connectivity index (χ4n) is 0.546. The first-order chi connectivity index (χ1) is 4.92. The van der Waals surface area contributed by atoms with Crippen LogP contribution >= 0.6 is 0 Å². The molecular formula is C8H15BO2. The first-order valence-electron chi connectivity index (χ1n) is 3.74. The molecule has 0 fully saturated rings. The van der Waals surface area contributed by atoms with Crippen LogP contribution in [0.4, 0.5) is 4.79 Å². The molecule has 2 nitrogen and oxygen atoms in total. The Morgan fingerprint density at radius 1 is 1.55 bits per heavy atom. The van der Waals surface area contributed by atoms with Crippen molar-refractivity contribution in [3.05, 3.63) is 12.3 Å². The highest BCUT2D eigenvalue weighted by molar-refractivity contribution is 6.55. The van der Waals surface area contributed by atoms with Gasteiger partial charge in [-0.1, -0.05) is 20.8 Å². The molecular weight excluding hydrogens is 139 g/mol. The van der Waals surface area contributed by atoms with Crippen LogP contribution in [0.25, 0.3) is 0 Å². The van der Waals surface area contributed by atoms with Crippen LogP contribution < -0.4 is 0 Å². The zero-order valence-corrected chi connectivity index (χ0v) is 7.68. The van der Waals surface area contributed by atoms with Crippen LogP contribution in [0.5, 0.6) is 0 Å². The summed E-state index contributed by atoms with van der Waals surface area (Å²) in [5.74, 6) is -0.268. The van der Waals surface area contributed by atoms with Crippen molar-refractivity contribution in [1.82, 2.24) is 0 Å². The van der Waals surface area contributed by atoms with Crippen LogP contribution in [-0.4, -0.2) is 13.7 Å². The number of carbonyl (C=O) groups excluding carboxylic acids is 1. The third-order valence-corrected chi connectivity index (χ3v) is 1.06. The fraction of sp³-hybridized carbons (Fsp3) is 0.625. The van der Waals surface area contributed by atoms with Crippen molar-refractivity contribution in [3.63, 3.8) is 0 Å². The minimum atomic E-state index is -0.268. The predicted molar refractivity (Wildman–Crippen MR) is 48.2 cm³/mol. The normalized spacial score (nSPS) is 11.9. The van der Waals surface area contributed by atoms with Crippen LogP contribution in [0.15, 0.2) is 12.3 Å². The van der Waals surface area contributed by atoms with Gasteiger partial charge in [0.25, 0.3) is 0 Å². The van der Waals surface area contributed by atoms with Gasteiger partial charge in [-0.3, -0.25) is 4.79 Å². The molecule has 0 radical (unpaired) electrons. The third kappa shape index (κ3) is 9.27. The summed E-state index contributed by atoms with van der Waals surface area (Å²) in [5, 5.41) is 0. The van der Waals surface area contributed by atoms with Crippen molar-refractivity contribution in [1.29, 1.82) is 0 Å². The second-order valence-corrected chi connectivity index (χ2v) is 3.75. The lowest BCUT2D eigenvalue weighted by atomic mass is 9.93. The van der Waals surface area contributed by atoms with Gasteiger partial charge in [-0.15, -0.1) is 0 Å². The van der Waals surface area contributed by atoms with Gasteiger partial charge in [-0.05, 0) is 17.9 Å². The fourth-order valence-corrected chi connectivity index (χ4v) is 0.546. The molecule has 0 saturated heterocycles. The van der Waals surface area contributed by atoms with E-state index in [1.54, 1.807) is 0 Å². The molecule has 0 N–H and O–H groups in total. The largest absolute Gasteiger partial charge is 0.443 e. The maximum atomic E-state index is 10.3. The Morgan fingerprint density at radius 3 is 2.45 bits per heavy atom. The molecule has 0 heterocycles. The summed E-state index contributed by atoms with van der Waals surface area (Å²) in [6.45, 7) is 6.39. The first-order valence-corrected chi connectivity index (χ1v) is 3.74. The highest BCUT2D eigenvalue weighted by Gasteiger charge is 2.06. The van der Waals surface area contributed by atoms with Crippen molar-refractivity contribution < 1.29 is 9.53 Å². The number of carbonyl (C=O) groups is 1.